The summed E-state index contributed by atoms with van der Waals surface area (Å²) >= 11 is 3.09. The minimum atomic E-state index is -0.417. The second-order valence-electron chi connectivity index (χ2n) is 5.89. The molecule has 0 aliphatic heterocycles. The van der Waals surface area contributed by atoms with Gasteiger partial charge >= 0.3 is 5.97 Å². The van der Waals surface area contributed by atoms with Crippen molar-refractivity contribution in [3.05, 3.63) is 23.8 Å². The number of nitriles is 1. The zero-order valence-electron chi connectivity index (χ0n) is 15.1. The van der Waals surface area contributed by atoms with Gasteiger partial charge in [0, 0.05) is 6.08 Å². The molecule has 0 radical (unpaired) electrons. The van der Waals surface area contributed by atoms with E-state index in [1.165, 1.54) is 25.7 Å². The van der Waals surface area contributed by atoms with Gasteiger partial charge in [-0.05, 0) is 23.8 Å². The van der Waals surface area contributed by atoms with Crippen LogP contribution in [0.25, 0.3) is 6.08 Å². The molecule has 25 heavy (non-hydrogen) atoms. The second-order valence-corrected chi connectivity index (χ2v) is 6.09. The van der Waals surface area contributed by atoms with Crippen molar-refractivity contribution in [1.29, 1.82) is 5.26 Å². The van der Waals surface area contributed by atoms with Crippen LogP contribution < -0.4 is 9.47 Å². The van der Waals surface area contributed by atoms with Crippen molar-refractivity contribution in [2.24, 2.45) is 0 Å². The summed E-state index contributed by atoms with van der Waals surface area (Å²) in [5.74, 6) is 0.0573. The summed E-state index contributed by atoms with van der Waals surface area (Å²) in [5.41, 5.74) is 0.662. The van der Waals surface area contributed by atoms with Crippen molar-refractivity contribution in [3.63, 3.8) is 0 Å². The topological polar surface area (TPSA) is 88.8 Å². The first-order chi connectivity index (χ1) is 11.7. The number of thiol groups is 1. The highest BCUT2D eigenvalue weighted by atomic mass is 32.1. The Balaban J connectivity index is 0.00000178. The van der Waals surface area contributed by atoms with Gasteiger partial charge < -0.3 is 23.8 Å². The van der Waals surface area contributed by atoms with Gasteiger partial charge in [0.15, 0.2) is 11.5 Å². The van der Waals surface area contributed by atoms with E-state index in [0.717, 1.165) is 11.0 Å². The molecule has 0 amide bonds. The summed E-state index contributed by atoms with van der Waals surface area (Å²) in [6.45, 7) is 1.09. The molecule has 0 fully saturated rings. The monoisotopic (exact) mass is 369 g/mol. The van der Waals surface area contributed by atoms with Crippen LogP contribution in [-0.4, -0.2) is 64.1 Å². The van der Waals surface area contributed by atoms with E-state index in [0.29, 0.717) is 12.2 Å². The average Bonchev–Trinajstić information content (AvgIpc) is 2.53. The quantitative estimate of drug-likeness (QED) is 0.251. The Morgan fingerprint density at radius 1 is 1.28 bits per heavy atom. The molecule has 0 aliphatic carbocycles. The van der Waals surface area contributed by atoms with E-state index in [4.69, 9.17) is 19.5 Å². The number of rotatable bonds is 7. The van der Waals surface area contributed by atoms with E-state index < -0.39 is 5.97 Å². The molecule has 7 nitrogen and oxygen atoms in total. The predicted octanol–water partition coefficient (Wildman–Crippen LogP) is 2.07. The van der Waals surface area contributed by atoms with Crippen LogP contribution in [0.5, 0.6) is 17.2 Å². The van der Waals surface area contributed by atoms with Crippen molar-refractivity contribution in [2.75, 3.05) is 48.5 Å². The van der Waals surface area contributed by atoms with Gasteiger partial charge in [-0.3, -0.25) is 0 Å². The van der Waals surface area contributed by atoms with Gasteiger partial charge in [-0.15, -0.1) is 0 Å². The van der Waals surface area contributed by atoms with E-state index in [9.17, 15) is 9.90 Å². The molecule has 0 saturated carbocycles. The number of phenolic OH excluding ortho intramolecular Hbond substituents is 1. The Labute approximate surface area is 154 Å². The summed E-state index contributed by atoms with van der Waals surface area (Å²) in [6, 6.07) is 3.21. The van der Waals surface area contributed by atoms with Gasteiger partial charge in [0.05, 0.1) is 35.4 Å². The number of carbonyl (C=O) groups is 1. The fourth-order valence-electron chi connectivity index (χ4n) is 1.64. The number of phenols is 1. The van der Waals surface area contributed by atoms with E-state index in [1.54, 1.807) is 18.2 Å². The van der Waals surface area contributed by atoms with Crippen molar-refractivity contribution in [1.82, 2.24) is 0 Å². The molecule has 1 N–H and O–H groups in total. The minimum Gasteiger partial charge on any atom is -0.502 e. The third kappa shape index (κ3) is 9.49. The fraction of sp³-hybridized carbons (Fsp3) is 0.412. The number of quaternary nitrogens is 1. The van der Waals surface area contributed by atoms with Crippen molar-refractivity contribution in [3.8, 4) is 22.6 Å². The molecule has 1 aromatic rings. The first kappa shape index (κ1) is 22.6. The number of benzene rings is 1. The number of hydrogen-bond donors (Lipinski definition) is 2. The number of hydrogen-bond acceptors (Lipinski definition) is 7. The lowest BCUT2D eigenvalue weighted by atomic mass is 10.1. The Bertz CT molecular complexity index is 608. The number of thiocyanates is 1. The van der Waals surface area contributed by atoms with E-state index in [-0.39, 0.29) is 17.2 Å². The Morgan fingerprint density at radius 3 is 2.16 bits per heavy atom. The third-order valence-corrected chi connectivity index (χ3v) is 2.92. The Hall–Kier alpha value is -2.37. The lowest BCUT2D eigenvalue weighted by Gasteiger charge is -2.23. The maximum absolute atomic E-state index is 11.7. The molecule has 0 spiro atoms. The summed E-state index contributed by atoms with van der Waals surface area (Å²) in [4.78, 5) is 11.7. The zero-order valence-corrected chi connectivity index (χ0v) is 16.0. The Kier molecular flexibility index (Phi) is 10.2. The van der Waals surface area contributed by atoms with Crippen LogP contribution in [0.4, 0.5) is 0 Å². The van der Waals surface area contributed by atoms with Crippen molar-refractivity contribution < 1.29 is 28.6 Å². The highest BCUT2D eigenvalue weighted by molar-refractivity contribution is 7.85. The SMILES string of the molecule is COc1cc(/C=C/C(=O)OCC[N+](C)(C)C)cc(OC)c1O.N#CS. The number of ether oxygens (including phenoxy) is 3. The molecule has 1 rings (SSSR count). The van der Waals surface area contributed by atoms with Crippen molar-refractivity contribution >= 4 is 24.7 Å². The number of esters is 1. The smallest absolute Gasteiger partial charge is 0.330 e. The molecule has 0 bridgehead atoms. The molecule has 0 atom stereocenters. The lowest BCUT2D eigenvalue weighted by molar-refractivity contribution is -0.870. The highest BCUT2D eigenvalue weighted by Crippen LogP contribution is 2.37. The highest BCUT2D eigenvalue weighted by Gasteiger charge is 2.11. The van der Waals surface area contributed by atoms with E-state index in [2.05, 4.69) is 12.6 Å². The number of aromatic hydroxyl groups is 1. The molecule has 0 saturated heterocycles. The number of carbonyl (C=O) groups excluding carboxylic acids is 1. The van der Waals surface area contributed by atoms with Crippen molar-refractivity contribution in [2.45, 2.75) is 0 Å². The fourth-order valence-corrected chi connectivity index (χ4v) is 1.64. The molecule has 1 aromatic carbocycles. The van der Waals surface area contributed by atoms with Crippen LogP contribution in [-0.2, 0) is 9.53 Å². The first-order valence-corrected chi connectivity index (χ1v) is 7.76. The molecule has 0 aliphatic rings. The van der Waals surface area contributed by atoms with E-state index >= 15 is 0 Å². The van der Waals surface area contributed by atoms with Gasteiger partial charge in [0.25, 0.3) is 0 Å². The Morgan fingerprint density at radius 2 is 1.76 bits per heavy atom. The minimum absolute atomic E-state index is 0.0762. The molecule has 138 valence electrons. The van der Waals surface area contributed by atoms with Gasteiger partial charge in [-0.1, -0.05) is 12.6 Å². The molecule has 0 heterocycles. The summed E-state index contributed by atoms with van der Waals surface area (Å²) in [7, 11) is 8.97. The third-order valence-electron chi connectivity index (χ3n) is 2.92. The average molecular weight is 369 g/mol. The second kappa shape index (κ2) is 11.2. The molecule has 0 aromatic heterocycles. The molecular weight excluding hydrogens is 344 g/mol. The molecular formula is C17H25N2O5S+. The van der Waals surface area contributed by atoms with Crippen LogP contribution in [0.3, 0.4) is 0 Å². The van der Waals surface area contributed by atoms with E-state index in [1.807, 2.05) is 21.1 Å². The summed E-state index contributed by atoms with van der Waals surface area (Å²) in [5, 5.41) is 18.4. The van der Waals surface area contributed by atoms with Crippen LogP contribution >= 0.6 is 12.6 Å². The van der Waals surface area contributed by atoms with Crippen LogP contribution in [0.15, 0.2) is 18.2 Å². The molecule has 8 heteroatoms. The number of methoxy groups -OCH3 is 2. The van der Waals surface area contributed by atoms with Crippen LogP contribution in [0.1, 0.15) is 5.56 Å². The van der Waals surface area contributed by atoms with Crippen LogP contribution in [0.2, 0.25) is 0 Å². The van der Waals surface area contributed by atoms with Gasteiger partial charge in [-0.25, -0.2) is 4.79 Å². The predicted molar refractivity (Wildman–Crippen MR) is 98.7 cm³/mol. The lowest BCUT2D eigenvalue weighted by Crippen LogP contribution is -2.37. The first-order valence-electron chi connectivity index (χ1n) is 7.32. The van der Waals surface area contributed by atoms with Gasteiger partial charge in [0.1, 0.15) is 18.6 Å². The summed E-state index contributed by atoms with van der Waals surface area (Å²) in [6.07, 6.45) is 2.92. The normalized spacial score (nSPS) is 10.4. The number of nitrogens with zero attached hydrogens (tertiary/aromatic N) is 2. The van der Waals surface area contributed by atoms with Gasteiger partial charge in [0.2, 0.25) is 5.75 Å². The van der Waals surface area contributed by atoms with Gasteiger partial charge in [-0.2, -0.15) is 5.26 Å². The largest absolute Gasteiger partial charge is 0.502 e. The maximum Gasteiger partial charge on any atom is 0.330 e. The standard InChI is InChI=1S/C16H23NO5.CHNS/c1-17(2,3)8-9-22-15(18)7-6-12-10-13(20-4)16(19)14(11-12)21-5;2-1-3/h6-7,10-11H,8-9H2,1-5H3;3H/p+1. The summed E-state index contributed by atoms with van der Waals surface area (Å²) < 4.78 is 16.0. The molecule has 0 unspecified atom stereocenters. The number of likely N-dealkylation sites (N-methyl/N-ethyl adjacent to an activating group) is 1. The zero-order chi connectivity index (χ0) is 19.5. The van der Waals surface area contributed by atoms with Crippen LogP contribution in [0, 0.1) is 10.7 Å². The maximum atomic E-state index is 11.7.